The zero-order valence-electron chi connectivity index (χ0n) is 13.4. The van der Waals surface area contributed by atoms with E-state index in [0.29, 0.717) is 0 Å². The molecule has 0 spiro atoms. The van der Waals surface area contributed by atoms with Gasteiger partial charge in [-0.05, 0) is 52.3 Å². The van der Waals surface area contributed by atoms with E-state index in [1.54, 1.807) is 14.2 Å². The highest BCUT2D eigenvalue weighted by atomic mass is 16.7. The van der Waals surface area contributed by atoms with Crippen LogP contribution >= 0.6 is 0 Å². The average Bonchev–Trinajstić information content (AvgIpc) is 2.56. The summed E-state index contributed by atoms with van der Waals surface area (Å²) in [5.41, 5.74) is 1.09. The zero-order chi connectivity index (χ0) is 15.1. The van der Waals surface area contributed by atoms with Crippen molar-refractivity contribution >= 4 is 12.6 Å². The summed E-state index contributed by atoms with van der Waals surface area (Å²) < 4.78 is 23.1. The SMILES string of the molecule is COc1cc(C)cc(OC)c1B1OC(C)(C)C(C)(C)O1. The number of methoxy groups -OCH3 is 2. The summed E-state index contributed by atoms with van der Waals surface area (Å²) in [6, 6.07) is 3.92. The van der Waals surface area contributed by atoms with Gasteiger partial charge in [-0.3, -0.25) is 0 Å². The Balaban J connectivity index is 2.49. The van der Waals surface area contributed by atoms with Gasteiger partial charge >= 0.3 is 7.12 Å². The number of benzene rings is 1. The highest BCUT2D eigenvalue weighted by Crippen LogP contribution is 2.38. The fraction of sp³-hybridized carbons (Fsp3) is 0.600. The van der Waals surface area contributed by atoms with Crippen LogP contribution in [0.25, 0.3) is 0 Å². The van der Waals surface area contributed by atoms with E-state index >= 15 is 0 Å². The van der Waals surface area contributed by atoms with Gasteiger partial charge in [-0.15, -0.1) is 0 Å². The molecule has 0 amide bonds. The Morgan fingerprint density at radius 2 is 1.30 bits per heavy atom. The van der Waals surface area contributed by atoms with Crippen LogP contribution in [-0.4, -0.2) is 32.5 Å². The lowest BCUT2D eigenvalue weighted by atomic mass is 9.77. The molecular weight excluding hydrogens is 255 g/mol. The maximum absolute atomic E-state index is 6.09. The van der Waals surface area contributed by atoms with Gasteiger partial charge in [0.1, 0.15) is 11.5 Å². The first-order chi connectivity index (χ1) is 9.21. The molecule has 2 rings (SSSR count). The first-order valence-electron chi connectivity index (χ1n) is 6.80. The van der Waals surface area contributed by atoms with Gasteiger partial charge in [0.2, 0.25) is 0 Å². The van der Waals surface area contributed by atoms with Crippen molar-refractivity contribution in [3.05, 3.63) is 17.7 Å². The largest absolute Gasteiger partial charge is 0.502 e. The smallest absolute Gasteiger partial charge is 0.497 e. The highest BCUT2D eigenvalue weighted by molar-refractivity contribution is 6.64. The van der Waals surface area contributed by atoms with E-state index in [0.717, 1.165) is 22.5 Å². The molecule has 20 heavy (non-hydrogen) atoms. The monoisotopic (exact) mass is 278 g/mol. The number of rotatable bonds is 3. The van der Waals surface area contributed by atoms with E-state index in [4.69, 9.17) is 18.8 Å². The first kappa shape index (κ1) is 15.2. The van der Waals surface area contributed by atoms with Crippen molar-refractivity contribution in [3.63, 3.8) is 0 Å². The summed E-state index contributed by atoms with van der Waals surface area (Å²) >= 11 is 0. The van der Waals surface area contributed by atoms with Crippen LogP contribution in [0, 0.1) is 6.92 Å². The van der Waals surface area contributed by atoms with E-state index in [-0.39, 0.29) is 0 Å². The molecule has 0 N–H and O–H groups in total. The molecule has 110 valence electrons. The summed E-state index contributed by atoms with van der Waals surface area (Å²) in [5, 5.41) is 0. The minimum absolute atomic E-state index is 0.390. The van der Waals surface area contributed by atoms with E-state index in [9.17, 15) is 0 Å². The van der Waals surface area contributed by atoms with Crippen molar-refractivity contribution in [3.8, 4) is 11.5 Å². The fourth-order valence-electron chi connectivity index (χ4n) is 2.26. The van der Waals surface area contributed by atoms with Gasteiger partial charge in [0.05, 0.1) is 30.9 Å². The molecule has 1 aromatic carbocycles. The highest BCUT2D eigenvalue weighted by Gasteiger charge is 2.53. The Labute approximate surface area is 121 Å². The minimum atomic E-state index is -0.495. The predicted octanol–water partition coefficient (Wildman–Crippen LogP) is 2.31. The fourth-order valence-corrected chi connectivity index (χ4v) is 2.26. The topological polar surface area (TPSA) is 36.9 Å². The molecule has 0 unspecified atom stereocenters. The van der Waals surface area contributed by atoms with Crippen molar-refractivity contribution in [2.45, 2.75) is 45.8 Å². The number of hydrogen-bond donors (Lipinski definition) is 0. The van der Waals surface area contributed by atoms with Crippen molar-refractivity contribution in [2.24, 2.45) is 0 Å². The van der Waals surface area contributed by atoms with Gasteiger partial charge in [-0.2, -0.15) is 0 Å². The third-order valence-corrected chi connectivity index (χ3v) is 4.18. The quantitative estimate of drug-likeness (QED) is 0.795. The van der Waals surface area contributed by atoms with Crippen LogP contribution in [0.5, 0.6) is 11.5 Å². The van der Waals surface area contributed by atoms with Crippen LogP contribution in [0.4, 0.5) is 0 Å². The lowest BCUT2D eigenvalue weighted by molar-refractivity contribution is 0.00578. The molecule has 1 heterocycles. The Morgan fingerprint density at radius 1 is 0.900 bits per heavy atom. The molecule has 0 radical (unpaired) electrons. The van der Waals surface area contributed by atoms with Crippen molar-refractivity contribution in [1.82, 2.24) is 0 Å². The minimum Gasteiger partial charge on any atom is -0.497 e. The second-order valence-electron chi connectivity index (χ2n) is 6.17. The van der Waals surface area contributed by atoms with Crippen LogP contribution in [0.1, 0.15) is 33.3 Å². The molecule has 0 saturated carbocycles. The normalized spacial score (nSPS) is 20.1. The number of ether oxygens (including phenoxy) is 2. The Kier molecular flexibility index (Phi) is 3.78. The van der Waals surface area contributed by atoms with Crippen molar-refractivity contribution in [2.75, 3.05) is 14.2 Å². The van der Waals surface area contributed by atoms with Gasteiger partial charge in [-0.1, -0.05) is 0 Å². The summed E-state index contributed by atoms with van der Waals surface area (Å²) in [6.45, 7) is 10.1. The second kappa shape index (κ2) is 4.97. The molecule has 0 aliphatic carbocycles. The summed E-state index contributed by atoms with van der Waals surface area (Å²) in [6.07, 6.45) is 0. The van der Waals surface area contributed by atoms with Crippen LogP contribution < -0.4 is 14.9 Å². The van der Waals surface area contributed by atoms with Gasteiger partial charge < -0.3 is 18.8 Å². The molecule has 1 aliphatic heterocycles. The number of hydrogen-bond acceptors (Lipinski definition) is 4. The standard InChI is InChI=1S/C15H23BO4/c1-10-8-11(17-6)13(12(9-10)18-7)16-19-14(2,3)15(4,5)20-16/h8-9H,1-7H3. The molecule has 0 aromatic heterocycles. The van der Waals surface area contributed by atoms with Crippen molar-refractivity contribution in [1.29, 1.82) is 0 Å². The van der Waals surface area contributed by atoms with Gasteiger partial charge in [0.15, 0.2) is 0 Å². The molecule has 4 nitrogen and oxygen atoms in total. The maximum Gasteiger partial charge on any atom is 0.502 e. The summed E-state index contributed by atoms with van der Waals surface area (Å²) in [4.78, 5) is 0. The lowest BCUT2D eigenvalue weighted by Gasteiger charge is -2.32. The molecule has 1 fully saturated rings. The average molecular weight is 278 g/mol. The third-order valence-electron chi connectivity index (χ3n) is 4.18. The molecule has 1 aliphatic rings. The maximum atomic E-state index is 6.09. The number of aryl methyl sites for hydroxylation is 1. The lowest BCUT2D eigenvalue weighted by Crippen LogP contribution is -2.41. The van der Waals surface area contributed by atoms with E-state index in [2.05, 4.69) is 0 Å². The predicted molar refractivity (Wildman–Crippen MR) is 80.0 cm³/mol. The van der Waals surface area contributed by atoms with Crippen LogP contribution in [0.15, 0.2) is 12.1 Å². The Morgan fingerprint density at radius 3 is 1.65 bits per heavy atom. The van der Waals surface area contributed by atoms with Gasteiger partial charge in [-0.25, -0.2) is 0 Å². The molecule has 0 bridgehead atoms. The van der Waals surface area contributed by atoms with E-state index < -0.39 is 18.3 Å². The molecule has 5 heteroatoms. The second-order valence-corrected chi connectivity index (χ2v) is 6.17. The Bertz CT molecular complexity index is 470. The van der Waals surface area contributed by atoms with Crippen LogP contribution in [0.3, 0.4) is 0 Å². The molecule has 1 aromatic rings. The Hall–Kier alpha value is -1.20. The molecule has 0 atom stereocenters. The van der Waals surface area contributed by atoms with Crippen molar-refractivity contribution < 1.29 is 18.8 Å². The van der Waals surface area contributed by atoms with Gasteiger partial charge in [0.25, 0.3) is 0 Å². The summed E-state index contributed by atoms with van der Waals surface area (Å²) in [7, 11) is 2.79. The summed E-state index contributed by atoms with van der Waals surface area (Å²) in [5.74, 6) is 1.45. The van der Waals surface area contributed by atoms with Crippen LogP contribution in [0.2, 0.25) is 0 Å². The first-order valence-corrected chi connectivity index (χ1v) is 6.80. The van der Waals surface area contributed by atoms with Gasteiger partial charge in [0, 0.05) is 0 Å². The van der Waals surface area contributed by atoms with Crippen LogP contribution in [-0.2, 0) is 9.31 Å². The van der Waals surface area contributed by atoms with E-state index in [1.807, 2.05) is 46.8 Å². The molecule has 1 saturated heterocycles. The molecular formula is C15H23BO4. The zero-order valence-corrected chi connectivity index (χ0v) is 13.4. The van der Waals surface area contributed by atoms with E-state index in [1.165, 1.54) is 0 Å². The third kappa shape index (κ3) is 2.40.